The van der Waals surface area contributed by atoms with E-state index in [9.17, 15) is 9.90 Å². The molecule has 0 atom stereocenters. The van der Waals surface area contributed by atoms with Gasteiger partial charge in [-0.25, -0.2) is 0 Å². The number of ketones is 1. The van der Waals surface area contributed by atoms with Crippen LogP contribution in [0.25, 0.3) is 44.3 Å². The quantitative estimate of drug-likeness (QED) is 0.0815. The van der Waals surface area contributed by atoms with E-state index in [4.69, 9.17) is 9.40 Å². The van der Waals surface area contributed by atoms with Gasteiger partial charge in [-0.1, -0.05) is 97.5 Å². The third-order valence-corrected chi connectivity index (χ3v) is 9.08. The molecule has 0 aliphatic carbocycles. The zero-order valence-corrected chi connectivity index (χ0v) is 33.1. The molecule has 0 saturated carbocycles. The third kappa shape index (κ3) is 9.99. The zero-order chi connectivity index (χ0) is 35.0. The number of aromatic nitrogens is 2. The number of fused-ring (bicyclic) bond motifs is 2. The maximum Gasteiger partial charge on any atom is 0.162 e. The number of rotatable bonds is 11. The number of aliphatic hydroxyl groups excluding tert-OH is 1. The number of carbonyl (C=O) groups is 1. The van der Waals surface area contributed by atoms with E-state index in [1.54, 1.807) is 0 Å². The predicted octanol–water partition coefficient (Wildman–Crippen LogP) is 11.9. The second-order valence-electron chi connectivity index (χ2n) is 14.2. The van der Waals surface area contributed by atoms with E-state index in [-0.39, 0.29) is 48.9 Å². The number of aliphatic hydroxyl groups is 1. The molecule has 0 fully saturated rings. The molecule has 49 heavy (non-hydrogen) atoms. The van der Waals surface area contributed by atoms with E-state index < -0.39 is 0 Å². The molecule has 3 heterocycles. The molecular formula is C43H53IrN2O3-. The van der Waals surface area contributed by atoms with Crippen LogP contribution in [0.3, 0.4) is 0 Å². The Labute approximate surface area is 307 Å². The number of hydrogen-bond acceptors (Lipinski definition) is 5. The summed E-state index contributed by atoms with van der Waals surface area (Å²) in [5.74, 6) is 2.06. The standard InChI is InChI=1S/C30H29N2O.C13H24O2.Ir/c1-19(2)14-23-18-28-29(33-23)25(11-13-32-28)21-10-12-31-27(17-21)22-15-20-8-6-7-9-24(20)26(16-22)30(3,4)5;1-5-10(6-2)12(14)9-13(15)11(7-3)8-4;/h6-13,16-19H,14H2,1-5H3;9-11,14H,5-8H2,1-4H3;/q-1;;/b;12-9-;. The molecule has 5 rings (SSSR count). The van der Waals surface area contributed by atoms with Gasteiger partial charge in [-0.15, -0.1) is 29.1 Å². The van der Waals surface area contributed by atoms with Crippen molar-refractivity contribution in [1.29, 1.82) is 0 Å². The van der Waals surface area contributed by atoms with Gasteiger partial charge in [-0.05, 0) is 54.7 Å². The number of pyridine rings is 2. The smallest absolute Gasteiger partial charge is 0.162 e. The summed E-state index contributed by atoms with van der Waals surface area (Å²) >= 11 is 0. The van der Waals surface area contributed by atoms with Crippen LogP contribution in [0.1, 0.15) is 99.3 Å². The van der Waals surface area contributed by atoms with Crippen LogP contribution in [0.4, 0.5) is 0 Å². The molecule has 0 aliphatic heterocycles. The first-order valence-electron chi connectivity index (χ1n) is 17.6. The summed E-state index contributed by atoms with van der Waals surface area (Å²) in [7, 11) is 0. The van der Waals surface area contributed by atoms with Crippen molar-refractivity contribution in [1.82, 2.24) is 9.97 Å². The molecule has 0 saturated heterocycles. The molecule has 5 nitrogen and oxygen atoms in total. The van der Waals surface area contributed by atoms with Crippen molar-refractivity contribution in [3.63, 3.8) is 0 Å². The van der Waals surface area contributed by atoms with Crippen LogP contribution in [-0.2, 0) is 36.7 Å². The maximum atomic E-state index is 11.7. The van der Waals surface area contributed by atoms with E-state index in [1.807, 2.05) is 52.2 Å². The van der Waals surface area contributed by atoms with Gasteiger partial charge in [-0.3, -0.25) is 14.8 Å². The Hall–Kier alpha value is -3.60. The van der Waals surface area contributed by atoms with Crippen molar-refractivity contribution in [2.75, 3.05) is 0 Å². The molecule has 0 bridgehead atoms. The monoisotopic (exact) mass is 838 g/mol. The van der Waals surface area contributed by atoms with Gasteiger partial charge in [0.15, 0.2) is 11.4 Å². The largest absolute Gasteiger partial charge is 0.512 e. The fourth-order valence-electron chi connectivity index (χ4n) is 6.23. The van der Waals surface area contributed by atoms with Gasteiger partial charge < -0.3 is 9.52 Å². The number of carbonyl (C=O) groups excluding carboxylic acids is 1. The van der Waals surface area contributed by atoms with Crippen LogP contribution in [0.5, 0.6) is 0 Å². The molecule has 0 amide bonds. The summed E-state index contributed by atoms with van der Waals surface area (Å²) in [5, 5.41) is 12.1. The summed E-state index contributed by atoms with van der Waals surface area (Å²) in [6, 6.07) is 22.6. The second-order valence-corrected chi connectivity index (χ2v) is 14.2. The Balaban J connectivity index is 0.000000347. The van der Waals surface area contributed by atoms with E-state index >= 15 is 0 Å². The van der Waals surface area contributed by atoms with Crippen LogP contribution < -0.4 is 0 Å². The SMILES string of the molecule is CC(C)Cc1cc2nccc(-c3ccnc(-c4[c-]c5ccccc5c(C(C)(C)C)c4)c3)c2o1.CCC(CC)C(=O)/C=C(\O)C(CC)CC.[Ir]. The average molecular weight is 838 g/mol. The second kappa shape index (κ2) is 17.9. The minimum atomic E-state index is 0. The topological polar surface area (TPSA) is 76.2 Å². The first-order valence-corrected chi connectivity index (χ1v) is 17.6. The summed E-state index contributed by atoms with van der Waals surface area (Å²) in [6.07, 6.45) is 9.53. The molecule has 1 radical (unpaired) electrons. The summed E-state index contributed by atoms with van der Waals surface area (Å²) in [5.41, 5.74) is 7.06. The Morgan fingerprint density at radius 3 is 2.18 bits per heavy atom. The summed E-state index contributed by atoms with van der Waals surface area (Å²) in [4.78, 5) is 21.0. The number of allylic oxidation sites excluding steroid dienone is 2. The Bertz CT molecular complexity index is 1860. The minimum Gasteiger partial charge on any atom is -0.512 e. The average Bonchev–Trinajstić information content (AvgIpc) is 3.47. The van der Waals surface area contributed by atoms with Crippen molar-refractivity contribution in [3.8, 4) is 22.4 Å². The molecule has 5 aromatic rings. The molecule has 0 spiro atoms. The van der Waals surface area contributed by atoms with Gasteiger partial charge in [0.1, 0.15) is 11.3 Å². The fraction of sp³-hybridized carbons (Fsp3) is 0.419. The summed E-state index contributed by atoms with van der Waals surface area (Å²) < 4.78 is 6.24. The van der Waals surface area contributed by atoms with Gasteiger partial charge in [0, 0.05) is 74.2 Å². The van der Waals surface area contributed by atoms with Gasteiger partial charge in [0.25, 0.3) is 0 Å². The first kappa shape index (κ1) is 39.8. The number of hydrogen-bond donors (Lipinski definition) is 1. The van der Waals surface area contributed by atoms with Gasteiger partial charge in [0.2, 0.25) is 0 Å². The molecule has 263 valence electrons. The fourth-order valence-corrected chi connectivity index (χ4v) is 6.23. The molecule has 2 aromatic carbocycles. The van der Waals surface area contributed by atoms with E-state index in [0.717, 1.165) is 76.7 Å². The number of benzene rings is 2. The summed E-state index contributed by atoms with van der Waals surface area (Å²) in [6.45, 7) is 19.2. The molecule has 6 heteroatoms. The molecule has 3 aromatic heterocycles. The van der Waals surface area contributed by atoms with E-state index in [0.29, 0.717) is 5.92 Å². The number of nitrogens with zero attached hydrogens (tertiary/aromatic N) is 2. The van der Waals surface area contributed by atoms with Crippen molar-refractivity contribution in [2.45, 2.75) is 99.8 Å². The zero-order valence-electron chi connectivity index (χ0n) is 30.7. The van der Waals surface area contributed by atoms with E-state index in [2.05, 4.69) is 88.1 Å². The van der Waals surface area contributed by atoms with Crippen LogP contribution in [0, 0.1) is 23.8 Å². The molecule has 0 aliphatic rings. The maximum absolute atomic E-state index is 11.7. The normalized spacial score (nSPS) is 12.0. The third-order valence-electron chi connectivity index (χ3n) is 9.08. The van der Waals surface area contributed by atoms with E-state index in [1.165, 1.54) is 17.0 Å². The van der Waals surface area contributed by atoms with Crippen LogP contribution in [-0.4, -0.2) is 20.9 Å². The Morgan fingerprint density at radius 1 is 0.898 bits per heavy atom. The van der Waals surface area contributed by atoms with Gasteiger partial charge >= 0.3 is 0 Å². The first-order chi connectivity index (χ1) is 22.9. The Morgan fingerprint density at radius 2 is 1.55 bits per heavy atom. The Kier molecular flexibility index (Phi) is 14.5. The predicted molar refractivity (Wildman–Crippen MR) is 200 cm³/mol. The molecule has 0 unspecified atom stereocenters. The minimum absolute atomic E-state index is 0. The van der Waals surface area contributed by atoms with Gasteiger partial charge in [-0.2, -0.15) is 0 Å². The van der Waals surface area contributed by atoms with Gasteiger partial charge in [0.05, 0.1) is 5.76 Å². The van der Waals surface area contributed by atoms with Crippen LogP contribution in [0.15, 0.2) is 83.2 Å². The van der Waals surface area contributed by atoms with Crippen LogP contribution >= 0.6 is 0 Å². The van der Waals surface area contributed by atoms with Crippen molar-refractivity contribution >= 4 is 27.7 Å². The van der Waals surface area contributed by atoms with Crippen LogP contribution in [0.2, 0.25) is 0 Å². The number of furan rings is 1. The van der Waals surface area contributed by atoms with Crippen molar-refractivity contribution < 1.29 is 34.4 Å². The molecule has 1 N–H and O–H groups in total. The van der Waals surface area contributed by atoms with Crippen molar-refractivity contribution in [3.05, 3.63) is 96.2 Å². The van der Waals surface area contributed by atoms with Crippen molar-refractivity contribution in [2.24, 2.45) is 17.8 Å². The molecular weight excluding hydrogens is 785 g/mol.